The average molecular weight is 234 g/mol. The first-order valence-corrected chi connectivity index (χ1v) is 5.76. The van der Waals surface area contributed by atoms with Gasteiger partial charge in [-0.05, 0) is 44.9 Å². The van der Waals surface area contributed by atoms with Crippen LogP contribution in [0.4, 0.5) is 4.39 Å². The fourth-order valence-electron chi connectivity index (χ4n) is 1.44. The van der Waals surface area contributed by atoms with Gasteiger partial charge in [-0.2, -0.15) is 5.26 Å². The number of rotatable bonds is 4. The van der Waals surface area contributed by atoms with Crippen molar-refractivity contribution in [2.75, 3.05) is 6.54 Å². The van der Waals surface area contributed by atoms with Crippen LogP contribution in [0.2, 0.25) is 0 Å². The molecule has 17 heavy (non-hydrogen) atoms. The predicted octanol–water partition coefficient (Wildman–Crippen LogP) is 3.33. The van der Waals surface area contributed by atoms with Gasteiger partial charge in [-0.15, -0.1) is 0 Å². The van der Waals surface area contributed by atoms with Crippen LogP contribution in [0.25, 0.3) is 0 Å². The fraction of sp³-hybridized carbons (Fsp3) is 0.500. The molecule has 3 heteroatoms. The van der Waals surface area contributed by atoms with Gasteiger partial charge in [0, 0.05) is 12.6 Å². The Morgan fingerprint density at radius 2 is 2.12 bits per heavy atom. The topological polar surface area (TPSA) is 35.8 Å². The van der Waals surface area contributed by atoms with Crippen molar-refractivity contribution in [3.05, 3.63) is 35.1 Å². The Labute approximate surface area is 102 Å². The summed E-state index contributed by atoms with van der Waals surface area (Å²) in [5, 5.41) is 12.2. The lowest BCUT2D eigenvalue weighted by atomic mass is 9.95. The highest BCUT2D eigenvalue weighted by Crippen LogP contribution is 2.18. The Morgan fingerprint density at radius 3 is 2.65 bits per heavy atom. The van der Waals surface area contributed by atoms with Gasteiger partial charge in [0.1, 0.15) is 5.82 Å². The molecule has 1 unspecified atom stereocenters. The van der Waals surface area contributed by atoms with Crippen molar-refractivity contribution >= 4 is 0 Å². The maximum Gasteiger partial charge on any atom is 0.126 e. The lowest BCUT2D eigenvalue weighted by molar-refractivity contribution is 0.414. The molecule has 92 valence electrons. The van der Waals surface area contributed by atoms with Crippen LogP contribution in [0.1, 0.15) is 37.9 Å². The molecule has 1 aromatic carbocycles. The first kappa shape index (κ1) is 13.7. The Hall–Kier alpha value is -1.40. The molecule has 0 aliphatic rings. The highest BCUT2D eigenvalue weighted by atomic mass is 19.1. The van der Waals surface area contributed by atoms with E-state index in [1.165, 1.54) is 0 Å². The average Bonchev–Trinajstić information content (AvgIpc) is 2.30. The lowest BCUT2D eigenvalue weighted by Gasteiger charge is -2.21. The number of aryl methyl sites for hydroxylation is 1. The summed E-state index contributed by atoms with van der Waals surface area (Å²) in [6, 6.07) is 7.51. The van der Waals surface area contributed by atoms with Crippen molar-refractivity contribution in [2.45, 2.75) is 33.7 Å². The van der Waals surface area contributed by atoms with Crippen LogP contribution in [-0.4, -0.2) is 6.54 Å². The van der Waals surface area contributed by atoms with Gasteiger partial charge in [0.15, 0.2) is 0 Å². The van der Waals surface area contributed by atoms with Crippen molar-refractivity contribution in [3.63, 3.8) is 0 Å². The second kappa shape index (κ2) is 5.29. The third-order valence-electron chi connectivity index (χ3n) is 2.85. The highest BCUT2D eigenvalue weighted by molar-refractivity contribution is 5.25. The van der Waals surface area contributed by atoms with Crippen LogP contribution in [0.3, 0.4) is 0 Å². The second-order valence-corrected chi connectivity index (χ2v) is 5.11. The number of halogens is 1. The van der Waals surface area contributed by atoms with E-state index in [1.807, 2.05) is 26.8 Å². The number of nitriles is 1. The molecule has 0 radical (unpaired) electrons. The maximum absolute atomic E-state index is 13.4. The molecule has 0 saturated heterocycles. The zero-order valence-electron chi connectivity index (χ0n) is 10.8. The molecule has 0 bridgehead atoms. The molecular weight excluding hydrogens is 215 g/mol. The van der Waals surface area contributed by atoms with E-state index < -0.39 is 5.41 Å². The van der Waals surface area contributed by atoms with Crippen molar-refractivity contribution in [1.29, 1.82) is 5.26 Å². The summed E-state index contributed by atoms with van der Waals surface area (Å²) in [5.41, 5.74) is 1.15. The fourth-order valence-corrected chi connectivity index (χ4v) is 1.44. The minimum absolute atomic E-state index is 0.0396. The zero-order chi connectivity index (χ0) is 13.1. The number of benzene rings is 1. The molecule has 0 amide bonds. The Bertz CT molecular complexity index is 432. The van der Waals surface area contributed by atoms with Crippen molar-refractivity contribution < 1.29 is 4.39 Å². The summed E-state index contributed by atoms with van der Waals surface area (Å²) in [6.07, 6.45) is 0. The molecular formula is C14H19FN2. The van der Waals surface area contributed by atoms with Gasteiger partial charge in [-0.25, -0.2) is 4.39 Å². The summed E-state index contributed by atoms with van der Waals surface area (Å²) < 4.78 is 13.4. The standard InChI is InChI=1S/C14H19FN2/c1-10-5-6-12(7-13(10)15)11(2)17-9-14(3,4)8-16/h5-7,11,17H,9H2,1-4H3. The number of hydrogen-bond donors (Lipinski definition) is 1. The van der Waals surface area contributed by atoms with E-state index in [-0.39, 0.29) is 11.9 Å². The minimum atomic E-state index is -0.405. The summed E-state index contributed by atoms with van der Waals surface area (Å²) in [6.45, 7) is 8.05. The molecule has 0 fully saturated rings. The van der Waals surface area contributed by atoms with Gasteiger partial charge in [-0.1, -0.05) is 12.1 Å². The van der Waals surface area contributed by atoms with E-state index in [9.17, 15) is 4.39 Å². The predicted molar refractivity (Wildman–Crippen MR) is 66.9 cm³/mol. The Balaban J connectivity index is 2.68. The third-order valence-corrected chi connectivity index (χ3v) is 2.85. The molecule has 1 aromatic rings. The normalized spacial score (nSPS) is 13.2. The van der Waals surface area contributed by atoms with E-state index in [1.54, 1.807) is 19.1 Å². The van der Waals surface area contributed by atoms with Gasteiger partial charge in [-0.3, -0.25) is 0 Å². The van der Waals surface area contributed by atoms with Crippen LogP contribution in [0, 0.1) is 29.5 Å². The van der Waals surface area contributed by atoms with Gasteiger partial charge < -0.3 is 5.32 Å². The summed E-state index contributed by atoms with van der Waals surface area (Å²) in [7, 11) is 0. The molecule has 0 aromatic heterocycles. The van der Waals surface area contributed by atoms with E-state index >= 15 is 0 Å². The molecule has 0 aliphatic carbocycles. The molecule has 0 spiro atoms. The minimum Gasteiger partial charge on any atom is -0.309 e. The smallest absolute Gasteiger partial charge is 0.126 e. The summed E-state index contributed by atoms with van der Waals surface area (Å²) in [4.78, 5) is 0. The van der Waals surface area contributed by atoms with E-state index in [2.05, 4.69) is 11.4 Å². The molecule has 0 aliphatic heterocycles. The number of nitrogens with zero attached hydrogens (tertiary/aromatic N) is 1. The van der Waals surface area contributed by atoms with Crippen molar-refractivity contribution in [2.24, 2.45) is 5.41 Å². The van der Waals surface area contributed by atoms with Crippen molar-refractivity contribution in [3.8, 4) is 6.07 Å². The second-order valence-electron chi connectivity index (χ2n) is 5.11. The van der Waals surface area contributed by atoms with Crippen LogP contribution in [0.15, 0.2) is 18.2 Å². The largest absolute Gasteiger partial charge is 0.309 e. The summed E-state index contributed by atoms with van der Waals surface area (Å²) >= 11 is 0. The molecule has 1 N–H and O–H groups in total. The summed E-state index contributed by atoms with van der Waals surface area (Å²) in [5.74, 6) is -0.185. The van der Waals surface area contributed by atoms with Gasteiger partial charge in [0.05, 0.1) is 11.5 Å². The SMILES string of the molecule is Cc1ccc(C(C)NCC(C)(C)C#N)cc1F. The van der Waals surface area contributed by atoms with Gasteiger partial charge in [0.25, 0.3) is 0 Å². The molecule has 0 heterocycles. The number of hydrogen-bond acceptors (Lipinski definition) is 2. The van der Waals surface area contributed by atoms with Crippen LogP contribution in [-0.2, 0) is 0 Å². The molecule has 1 atom stereocenters. The van der Waals surface area contributed by atoms with Gasteiger partial charge >= 0.3 is 0 Å². The van der Waals surface area contributed by atoms with E-state index in [0.29, 0.717) is 12.1 Å². The number of nitrogens with one attached hydrogen (secondary N) is 1. The Morgan fingerprint density at radius 1 is 1.47 bits per heavy atom. The first-order valence-electron chi connectivity index (χ1n) is 5.76. The highest BCUT2D eigenvalue weighted by Gasteiger charge is 2.18. The van der Waals surface area contributed by atoms with Crippen LogP contribution >= 0.6 is 0 Å². The maximum atomic E-state index is 13.4. The molecule has 1 rings (SSSR count). The van der Waals surface area contributed by atoms with Gasteiger partial charge in [0.2, 0.25) is 0 Å². The Kier molecular flexibility index (Phi) is 4.25. The third kappa shape index (κ3) is 3.83. The quantitative estimate of drug-likeness (QED) is 0.867. The van der Waals surface area contributed by atoms with Crippen molar-refractivity contribution in [1.82, 2.24) is 5.32 Å². The van der Waals surface area contributed by atoms with Crippen LogP contribution < -0.4 is 5.32 Å². The van der Waals surface area contributed by atoms with E-state index in [0.717, 1.165) is 5.56 Å². The first-order chi connectivity index (χ1) is 7.85. The lowest BCUT2D eigenvalue weighted by Crippen LogP contribution is -2.30. The molecule has 0 saturated carbocycles. The zero-order valence-corrected chi connectivity index (χ0v) is 10.8. The van der Waals surface area contributed by atoms with E-state index in [4.69, 9.17) is 5.26 Å². The van der Waals surface area contributed by atoms with Crippen LogP contribution in [0.5, 0.6) is 0 Å². The monoisotopic (exact) mass is 234 g/mol. The molecule has 2 nitrogen and oxygen atoms in total.